The van der Waals surface area contributed by atoms with Crippen LogP contribution in [0.25, 0.3) is 16.7 Å². The van der Waals surface area contributed by atoms with Crippen LogP contribution in [0.4, 0.5) is 0 Å². The van der Waals surface area contributed by atoms with Crippen LogP contribution in [0.2, 0.25) is 0 Å². The number of rotatable bonds is 3. The molecule has 5 aromatic rings. The summed E-state index contributed by atoms with van der Waals surface area (Å²) in [5.41, 5.74) is 3.33. The molecule has 0 aliphatic carbocycles. The zero-order chi connectivity index (χ0) is 20.9. The number of hydrogen-bond acceptors (Lipinski definition) is 4. The third-order valence-corrected chi connectivity index (χ3v) is 6.29. The molecule has 31 heavy (non-hydrogen) atoms. The zero-order valence-electron chi connectivity index (χ0n) is 17.2. The predicted molar refractivity (Wildman–Crippen MR) is 119 cm³/mol. The normalized spacial score (nSPS) is 16.7. The molecule has 2 aromatic carbocycles. The summed E-state index contributed by atoms with van der Waals surface area (Å²) >= 11 is 0. The maximum atomic E-state index is 12.8. The Labute approximate surface area is 178 Å². The van der Waals surface area contributed by atoms with Crippen molar-refractivity contribution in [2.75, 3.05) is 6.54 Å². The van der Waals surface area contributed by atoms with E-state index in [0.29, 0.717) is 17.7 Å². The maximum absolute atomic E-state index is 12.8. The molecule has 0 fully saturated rings. The van der Waals surface area contributed by atoms with Gasteiger partial charge >= 0.3 is 0 Å². The molecule has 1 unspecified atom stereocenters. The Bertz CT molecular complexity index is 1460. The monoisotopic (exact) mass is 410 g/mol. The molecule has 1 aliphatic heterocycles. The molecule has 1 aliphatic rings. The fraction of sp³-hybridized carbons (Fsp3) is 0.208. The van der Waals surface area contributed by atoms with E-state index in [9.17, 15) is 4.79 Å². The highest BCUT2D eigenvalue weighted by Crippen LogP contribution is 2.33. The smallest absolute Gasteiger partial charge is 0.262 e. The van der Waals surface area contributed by atoms with Gasteiger partial charge in [-0.1, -0.05) is 42.5 Å². The minimum atomic E-state index is -0.0555. The first-order valence-electron chi connectivity index (χ1n) is 10.5. The molecule has 3 aromatic heterocycles. The number of fused-ring (bicyclic) bond motifs is 4. The molecule has 0 saturated heterocycles. The third-order valence-electron chi connectivity index (χ3n) is 6.29. The lowest BCUT2D eigenvalue weighted by molar-refractivity contribution is 0.170. The summed E-state index contributed by atoms with van der Waals surface area (Å²) in [6.07, 6.45) is 2.15. The molecule has 7 nitrogen and oxygen atoms in total. The molecule has 0 radical (unpaired) electrons. The van der Waals surface area contributed by atoms with Gasteiger partial charge in [-0.05, 0) is 29.8 Å². The first kappa shape index (κ1) is 18.1. The molecule has 154 valence electrons. The Morgan fingerprint density at radius 3 is 2.61 bits per heavy atom. The lowest BCUT2D eigenvalue weighted by atomic mass is 10.00. The van der Waals surface area contributed by atoms with Gasteiger partial charge in [0.1, 0.15) is 0 Å². The number of aryl methyl sites for hydroxylation is 1. The molecule has 4 heterocycles. The number of aromatic nitrogens is 5. The van der Waals surface area contributed by atoms with Crippen LogP contribution in [-0.4, -0.2) is 35.2 Å². The summed E-state index contributed by atoms with van der Waals surface area (Å²) in [5, 5.41) is 9.56. The Hall–Kier alpha value is -3.71. The predicted octanol–water partition coefficient (Wildman–Crippen LogP) is 2.99. The second-order valence-electron chi connectivity index (χ2n) is 8.04. The summed E-state index contributed by atoms with van der Waals surface area (Å²) in [6.45, 7) is 2.47. The Morgan fingerprint density at radius 1 is 0.935 bits per heavy atom. The highest BCUT2D eigenvalue weighted by Gasteiger charge is 2.30. The quantitative estimate of drug-likeness (QED) is 0.459. The van der Waals surface area contributed by atoms with Gasteiger partial charge in [0.2, 0.25) is 5.78 Å². The highest BCUT2D eigenvalue weighted by atomic mass is 16.1. The van der Waals surface area contributed by atoms with Gasteiger partial charge in [-0.2, -0.15) is 0 Å². The molecule has 0 N–H and O–H groups in total. The molecule has 0 bridgehead atoms. The van der Waals surface area contributed by atoms with Crippen LogP contribution in [0.15, 0.2) is 77.7 Å². The second kappa shape index (κ2) is 6.92. The van der Waals surface area contributed by atoms with E-state index in [4.69, 9.17) is 0 Å². The van der Waals surface area contributed by atoms with Crippen molar-refractivity contribution < 1.29 is 0 Å². The number of benzene rings is 2. The van der Waals surface area contributed by atoms with Crippen molar-refractivity contribution in [2.24, 2.45) is 7.05 Å². The van der Waals surface area contributed by atoms with Crippen molar-refractivity contribution in [2.45, 2.75) is 19.1 Å². The fourth-order valence-corrected chi connectivity index (χ4v) is 4.79. The molecule has 0 saturated carbocycles. The molecule has 6 rings (SSSR count). The van der Waals surface area contributed by atoms with Gasteiger partial charge < -0.3 is 4.57 Å². The summed E-state index contributed by atoms with van der Waals surface area (Å²) in [5.74, 6) is 1.40. The van der Waals surface area contributed by atoms with Crippen LogP contribution < -0.4 is 5.56 Å². The Kier molecular flexibility index (Phi) is 4.04. The van der Waals surface area contributed by atoms with E-state index in [-0.39, 0.29) is 11.6 Å². The van der Waals surface area contributed by atoms with Crippen molar-refractivity contribution in [3.63, 3.8) is 0 Å². The van der Waals surface area contributed by atoms with Crippen molar-refractivity contribution in [1.29, 1.82) is 0 Å². The van der Waals surface area contributed by atoms with Gasteiger partial charge in [0, 0.05) is 32.0 Å². The van der Waals surface area contributed by atoms with Gasteiger partial charge in [-0.3, -0.25) is 18.7 Å². The zero-order valence-corrected chi connectivity index (χ0v) is 17.2. The topological polar surface area (TPSA) is 60.4 Å². The number of para-hydroxylation sites is 1. The van der Waals surface area contributed by atoms with Crippen LogP contribution >= 0.6 is 0 Å². The number of nitrogens with zero attached hydrogens (tertiary/aromatic N) is 6. The fourth-order valence-electron chi connectivity index (χ4n) is 4.79. The number of hydrogen-bond donors (Lipinski definition) is 0. The molecule has 0 amide bonds. The maximum Gasteiger partial charge on any atom is 0.262 e. The summed E-state index contributed by atoms with van der Waals surface area (Å²) in [4.78, 5) is 15.2. The van der Waals surface area contributed by atoms with Crippen LogP contribution in [0.3, 0.4) is 0 Å². The first-order chi connectivity index (χ1) is 15.2. The largest absolute Gasteiger partial charge is 0.348 e. The minimum Gasteiger partial charge on any atom is -0.348 e. The highest BCUT2D eigenvalue weighted by molar-refractivity contribution is 5.80. The van der Waals surface area contributed by atoms with Crippen molar-refractivity contribution in [3.05, 3.63) is 100 Å². The Balaban J connectivity index is 1.50. The standard InChI is InChI=1S/C24H22N6O/c1-27-23(31)18-10-5-6-11-19(18)30-21(25-26-24(27)30)16-29-15-14-28-13-7-12-20(28)22(29)17-8-3-2-4-9-17/h2-13,22H,14-16H2,1H3. The van der Waals surface area contributed by atoms with E-state index < -0.39 is 0 Å². The summed E-state index contributed by atoms with van der Waals surface area (Å²) in [7, 11) is 1.75. The van der Waals surface area contributed by atoms with E-state index in [2.05, 4.69) is 62.3 Å². The van der Waals surface area contributed by atoms with E-state index >= 15 is 0 Å². The van der Waals surface area contributed by atoms with Crippen molar-refractivity contribution >= 4 is 16.7 Å². The second-order valence-corrected chi connectivity index (χ2v) is 8.04. The van der Waals surface area contributed by atoms with Gasteiger partial charge in [-0.25, -0.2) is 0 Å². The molecule has 0 spiro atoms. The Morgan fingerprint density at radius 2 is 1.74 bits per heavy atom. The SMILES string of the molecule is Cn1c(=O)c2ccccc2n2c(CN3CCn4cccc4C3c3ccccc3)nnc12. The van der Waals surface area contributed by atoms with Gasteiger partial charge in [-0.15, -0.1) is 10.2 Å². The van der Waals surface area contributed by atoms with E-state index in [1.54, 1.807) is 11.6 Å². The lowest BCUT2D eigenvalue weighted by Crippen LogP contribution is -2.38. The molecule has 7 heteroatoms. The average molecular weight is 410 g/mol. The summed E-state index contributed by atoms with van der Waals surface area (Å²) in [6, 6.07) is 22.7. The third kappa shape index (κ3) is 2.74. The van der Waals surface area contributed by atoms with E-state index in [1.165, 1.54) is 11.3 Å². The van der Waals surface area contributed by atoms with E-state index in [1.807, 2.05) is 34.7 Å². The molecular weight excluding hydrogens is 388 g/mol. The lowest BCUT2D eigenvalue weighted by Gasteiger charge is -2.37. The van der Waals surface area contributed by atoms with E-state index in [0.717, 1.165) is 24.4 Å². The van der Waals surface area contributed by atoms with Crippen molar-refractivity contribution in [1.82, 2.24) is 28.6 Å². The van der Waals surface area contributed by atoms with Crippen LogP contribution in [-0.2, 0) is 20.1 Å². The van der Waals surface area contributed by atoms with Crippen LogP contribution in [0.5, 0.6) is 0 Å². The average Bonchev–Trinajstić information content (AvgIpc) is 3.45. The van der Waals surface area contributed by atoms with Crippen molar-refractivity contribution in [3.8, 4) is 0 Å². The summed E-state index contributed by atoms with van der Waals surface area (Å²) < 4.78 is 5.93. The molecular formula is C24H22N6O. The molecule has 1 atom stereocenters. The van der Waals surface area contributed by atoms with Crippen LogP contribution in [0, 0.1) is 0 Å². The van der Waals surface area contributed by atoms with Gasteiger partial charge in [0.05, 0.1) is 23.5 Å². The van der Waals surface area contributed by atoms with Crippen LogP contribution in [0.1, 0.15) is 23.1 Å². The van der Waals surface area contributed by atoms with Gasteiger partial charge in [0.25, 0.3) is 5.56 Å². The minimum absolute atomic E-state index is 0.0555. The first-order valence-corrected chi connectivity index (χ1v) is 10.5. The van der Waals surface area contributed by atoms with Gasteiger partial charge in [0.15, 0.2) is 5.82 Å².